The number of benzene rings is 2. The number of nitro benzene ring substituents is 1. The Hall–Kier alpha value is -3.66. The number of aromatic nitrogens is 4. The quantitative estimate of drug-likeness (QED) is 0.458. The van der Waals surface area contributed by atoms with E-state index in [1.165, 1.54) is 6.07 Å². The molecule has 1 saturated heterocycles. The Morgan fingerprint density at radius 2 is 1.77 bits per heavy atom. The first-order chi connectivity index (χ1) is 14.9. The number of carbonyl (C=O) groups excluding carboxylic acids is 1. The predicted molar refractivity (Wildman–Crippen MR) is 113 cm³/mol. The summed E-state index contributed by atoms with van der Waals surface area (Å²) in [7, 11) is 0. The number of carbonyl (C=O) groups is 1. The zero-order valence-corrected chi connectivity index (χ0v) is 17.4. The monoisotopic (exact) mass is 421 g/mol. The van der Waals surface area contributed by atoms with E-state index in [1.54, 1.807) is 28.6 Å². The van der Waals surface area contributed by atoms with E-state index in [0.29, 0.717) is 43.9 Å². The number of hydrogen-bond donors (Lipinski definition) is 0. The molecule has 1 amide bonds. The molecule has 0 saturated carbocycles. The van der Waals surface area contributed by atoms with Crippen LogP contribution in [0.3, 0.4) is 0 Å². The van der Waals surface area contributed by atoms with Crippen molar-refractivity contribution in [3.8, 4) is 5.69 Å². The van der Waals surface area contributed by atoms with Gasteiger partial charge in [0.1, 0.15) is 0 Å². The molecule has 2 aromatic carbocycles. The highest BCUT2D eigenvalue weighted by Crippen LogP contribution is 2.21. The molecule has 3 aromatic rings. The summed E-state index contributed by atoms with van der Waals surface area (Å²) in [6.07, 6.45) is 0. The molecule has 4 rings (SSSR count). The number of hydrogen-bond acceptors (Lipinski definition) is 7. The van der Waals surface area contributed by atoms with Crippen LogP contribution in [0.2, 0.25) is 0 Å². The van der Waals surface area contributed by atoms with Gasteiger partial charge in [-0.25, -0.2) is 0 Å². The van der Waals surface area contributed by atoms with Crippen molar-refractivity contribution >= 4 is 11.6 Å². The van der Waals surface area contributed by atoms with Crippen LogP contribution in [0.1, 0.15) is 27.3 Å². The molecule has 0 N–H and O–H groups in total. The molecule has 0 radical (unpaired) electrons. The summed E-state index contributed by atoms with van der Waals surface area (Å²) in [6, 6.07) is 12.6. The molecule has 2 heterocycles. The van der Waals surface area contributed by atoms with E-state index in [4.69, 9.17) is 0 Å². The minimum atomic E-state index is -0.456. The summed E-state index contributed by atoms with van der Waals surface area (Å²) in [5.74, 6) is 0.546. The molecule has 0 atom stereocenters. The normalized spacial score (nSPS) is 14.6. The standard InChI is InChI=1S/C21H23N7O3/c1-15-3-7-18(8-4-15)27-20(22-23-24-27)14-25-9-11-26(12-10-25)21(29)17-6-5-16(2)19(13-17)28(30)31/h3-8,13H,9-12,14H2,1-2H3. The minimum absolute atomic E-state index is 0.0348. The minimum Gasteiger partial charge on any atom is -0.336 e. The number of nitrogens with zero attached hydrogens (tertiary/aromatic N) is 7. The molecule has 0 bridgehead atoms. The molecule has 1 aromatic heterocycles. The molecule has 0 aliphatic carbocycles. The maximum absolute atomic E-state index is 12.8. The first kappa shape index (κ1) is 20.6. The van der Waals surface area contributed by atoms with Crippen molar-refractivity contribution in [1.29, 1.82) is 0 Å². The predicted octanol–water partition coefficient (Wildman–Crippen LogP) is 2.15. The van der Waals surface area contributed by atoms with Gasteiger partial charge in [0.2, 0.25) is 0 Å². The number of rotatable bonds is 5. The number of nitro groups is 1. The fourth-order valence-corrected chi connectivity index (χ4v) is 3.62. The van der Waals surface area contributed by atoms with Gasteiger partial charge < -0.3 is 4.90 Å². The van der Waals surface area contributed by atoms with Crippen LogP contribution in [0.15, 0.2) is 42.5 Å². The SMILES string of the molecule is Cc1ccc(-n2nnnc2CN2CCN(C(=O)c3ccc(C)c([N+](=O)[O-])c3)CC2)cc1. The molecule has 1 fully saturated rings. The van der Waals surface area contributed by atoms with Crippen molar-refractivity contribution in [1.82, 2.24) is 30.0 Å². The van der Waals surface area contributed by atoms with Crippen LogP contribution in [0.25, 0.3) is 5.69 Å². The molecule has 1 aliphatic heterocycles. The Balaban J connectivity index is 1.39. The molecule has 1 aliphatic rings. The smallest absolute Gasteiger partial charge is 0.273 e. The molecule has 10 nitrogen and oxygen atoms in total. The van der Waals surface area contributed by atoms with E-state index in [0.717, 1.165) is 17.1 Å². The second-order valence-electron chi connectivity index (χ2n) is 7.67. The lowest BCUT2D eigenvalue weighted by molar-refractivity contribution is -0.385. The number of piperazine rings is 1. The van der Waals surface area contributed by atoms with Gasteiger partial charge in [-0.15, -0.1) is 5.10 Å². The molecular formula is C21H23N7O3. The first-order valence-corrected chi connectivity index (χ1v) is 10.0. The van der Waals surface area contributed by atoms with Gasteiger partial charge in [-0.1, -0.05) is 23.8 Å². The summed E-state index contributed by atoms with van der Waals surface area (Å²) < 4.78 is 1.72. The average molecular weight is 421 g/mol. The maximum Gasteiger partial charge on any atom is 0.273 e. The summed E-state index contributed by atoms with van der Waals surface area (Å²) in [6.45, 7) is 6.66. The van der Waals surface area contributed by atoms with Crippen LogP contribution >= 0.6 is 0 Å². The zero-order valence-electron chi connectivity index (χ0n) is 17.4. The van der Waals surface area contributed by atoms with Gasteiger partial charge in [-0.2, -0.15) is 4.68 Å². The highest BCUT2D eigenvalue weighted by Gasteiger charge is 2.25. The lowest BCUT2D eigenvalue weighted by atomic mass is 10.1. The highest BCUT2D eigenvalue weighted by molar-refractivity contribution is 5.95. The van der Waals surface area contributed by atoms with Crippen molar-refractivity contribution in [3.63, 3.8) is 0 Å². The number of tetrazole rings is 1. The van der Waals surface area contributed by atoms with E-state index < -0.39 is 4.92 Å². The van der Waals surface area contributed by atoms with Crippen molar-refractivity contribution in [2.45, 2.75) is 20.4 Å². The molecule has 0 unspecified atom stereocenters. The van der Waals surface area contributed by atoms with Gasteiger partial charge in [-0.3, -0.25) is 19.8 Å². The third-order valence-electron chi connectivity index (χ3n) is 5.49. The van der Waals surface area contributed by atoms with Crippen LogP contribution in [-0.2, 0) is 6.54 Å². The number of aryl methyl sites for hydroxylation is 2. The van der Waals surface area contributed by atoms with Gasteiger partial charge in [0.05, 0.1) is 17.2 Å². The summed E-state index contributed by atoms with van der Waals surface area (Å²) in [5, 5.41) is 23.2. The Bertz CT molecular complexity index is 1100. The lowest BCUT2D eigenvalue weighted by Crippen LogP contribution is -2.48. The molecule has 160 valence electrons. The molecule has 0 spiro atoms. The Morgan fingerprint density at radius 3 is 2.45 bits per heavy atom. The van der Waals surface area contributed by atoms with Crippen LogP contribution in [-0.4, -0.2) is 67.0 Å². The molecule has 31 heavy (non-hydrogen) atoms. The van der Waals surface area contributed by atoms with E-state index in [1.807, 2.05) is 31.2 Å². The summed E-state index contributed by atoms with van der Waals surface area (Å²) >= 11 is 0. The van der Waals surface area contributed by atoms with Gasteiger partial charge in [0.15, 0.2) is 5.82 Å². The summed E-state index contributed by atoms with van der Waals surface area (Å²) in [5.41, 5.74) is 2.91. The molecule has 10 heteroatoms. The van der Waals surface area contributed by atoms with Crippen LogP contribution in [0.5, 0.6) is 0 Å². The van der Waals surface area contributed by atoms with E-state index >= 15 is 0 Å². The van der Waals surface area contributed by atoms with E-state index in [-0.39, 0.29) is 11.6 Å². The van der Waals surface area contributed by atoms with Crippen LogP contribution in [0.4, 0.5) is 5.69 Å². The van der Waals surface area contributed by atoms with Crippen LogP contribution < -0.4 is 0 Å². The van der Waals surface area contributed by atoms with Crippen molar-refractivity contribution in [3.05, 3.63) is 75.1 Å². The van der Waals surface area contributed by atoms with Crippen LogP contribution in [0, 0.1) is 24.0 Å². The van der Waals surface area contributed by atoms with Crippen molar-refractivity contribution < 1.29 is 9.72 Å². The first-order valence-electron chi connectivity index (χ1n) is 10.0. The Morgan fingerprint density at radius 1 is 1.06 bits per heavy atom. The van der Waals surface area contributed by atoms with E-state index in [2.05, 4.69) is 20.4 Å². The lowest BCUT2D eigenvalue weighted by Gasteiger charge is -2.34. The fraction of sp³-hybridized carbons (Fsp3) is 0.333. The number of amides is 1. The zero-order chi connectivity index (χ0) is 22.0. The summed E-state index contributed by atoms with van der Waals surface area (Å²) in [4.78, 5) is 27.5. The maximum atomic E-state index is 12.8. The third kappa shape index (κ3) is 4.43. The Kier molecular flexibility index (Phi) is 5.72. The van der Waals surface area contributed by atoms with Gasteiger partial charge in [0, 0.05) is 43.4 Å². The highest BCUT2D eigenvalue weighted by atomic mass is 16.6. The fourth-order valence-electron chi connectivity index (χ4n) is 3.62. The largest absolute Gasteiger partial charge is 0.336 e. The molecular weight excluding hydrogens is 398 g/mol. The van der Waals surface area contributed by atoms with Gasteiger partial charge >= 0.3 is 0 Å². The van der Waals surface area contributed by atoms with Gasteiger partial charge in [-0.05, 0) is 42.5 Å². The Labute approximate surface area is 179 Å². The van der Waals surface area contributed by atoms with Crippen molar-refractivity contribution in [2.75, 3.05) is 26.2 Å². The second kappa shape index (κ2) is 8.60. The van der Waals surface area contributed by atoms with Crippen molar-refractivity contribution in [2.24, 2.45) is 0 Å². The topological polar surface area (TPSA) is 110 Å². The third-order valence-corrected chi connectivity index (χ3v) is 5.49. The average Bonchev–Trinajstić information content (AvgIpc) is 3.22. The second-order valence-corrected chi connectivity index (χ2v) is 7.67. The van der Waals surface area contributed by atoms with E-state index in [9.17, 15) is 14.9 Å². The van der Waals surface area contributed by atoms with Gasteiger partial charge in [0.25, 0.3) is 11.6 Å².